The summed E-state index contributed by atoms with van der Waals surface area (Å²) < 4.78 is 10.4. The molecule has 1 aromatic carbocycles. The zero-order valence-corrected chi connectivity index (χ0v) is 14.7. The molecule has 0 aromatic heterocycles. The van der Waals surface area contributed by atoms with E-state index >= 15 is 0 Å². The van der Waals surface area contributed by atoms with Crippen molar-refractivity contribution in [2.75, 3.05) is 26.1 Å². The molecule has 2 rings (SSSR count). The minimum atomic E-state index is -0.130. The molecule has 6 heteroatoms. The molecular formula is C16H25ClN2O3. The van der Waals surface area contributed by atoms with E-state index in [1.165, 1.54) is 14.2 Å². The number of methoxy groups -OCH3 is 2. The van der Waals surface area contributed by atoms with Crippen LogP contribution in [0.5, 0.6) is 11.5 Å². The first-order chi connectivity index (χ1) is 10.6. The fourth-order valence-corrected chi connectivity index (χ4v) is 2.62. The van der Waals surface area contributed by atoms with Crippen LogP contribution in [0.25, 0.3) is 0 Å². The number of carbonyl (C=O) groups is 1. The highest BCUT2D eigenvalue weighted by atomic mass is 35.5. The summed E-state index contributed by atoms with van der Waals surface area (Å²) in [4.78, 5) is 14.1. The number of hydrogen-bond acceptors (Lipinski definition) is 3. The Hall–Kier alpha value is -1.62. The van der Waals surface area contributed by atoms with Gasteiger partial charge in [-0.15, -0.1) is 0 Å². The van der Waals surface area contributed by atoms with Gasteiger partial charge in [0.15, 0.2) is 0 Å². The van der Waals surface area contributed by atoms with Crippen LogP contribution in [-0.4, -0.2) is 37.7 Å². The van der Waals surface area contributed by atoms with Gasteiger partial charge in [0.2, 0.25) is 0 Å². The average molecular weight is 329 g/mol. The Morgan fingerprint density at radius 2 is 1.91 bits per heavy atom. The van der Waals surface area contributed by atoms with Gasteiger partial charge in [-0.25, -0.2) is 4.79 Å². The SMILES string of the molecule is CC.COc1cc(OC)c(NC(=O)N2CCCC2C)cc1Cl. The van der Waals surface area contributed by atoms with E-state index in [-0.39, 0.29) is 12.1 Å². The summed E-state index contributed by atoms with van der Waals surface area (Å²) in [5.41, 5.74) is 0.544. The molecule has 0 saturated carbocycles. The first-order valence-corrected chi connectivity index (χ1v) is 7.93. The van der Waals surface area contributed by atoms with Crippen LogP contribution in [0.15, 0.2) is 12.1 Å². The number of rotatable bonds is 3. The van der Waals surface area contributed by atoms with E-state index < -0.39 is 0 Å². The Bertz CT molecular complexity index is 508. The zero-order valence-electron chi connectivity index (χ0n) is 13.9. The molecule has 1 fully saturated rings. The lowest BCUT2D eigenvalue weighted by Gasteiger charge is -2.22. The number of amides is 2. The number of urea groups is 1. The maximum absolute atomic E-state index is 12.2. The molecule has 0 aliphatic carbocycles. The van der Waals surface area contributed by atoms with Gasteiger partial charge in [-0.3, -0.25) is 0 Å². The second kappa shape index (κ2) is 8.73. The number of carbonyl (C=O) groups excluding carboxylic acids is 1. The molecule has 1 aliphatic rings. The smallest absolute Gasteiger partial charge is 0.322 e. The molecule has 1 aliphatic heterocycles. The lowest BCUT2D eigenvalue weighted by molar-refractivity contribution is 0.210. The molecule has 124 valence electrons. The van der Waals surface area contributed by atoms with E-state index in [1.807, 2.05) is 25.7 Å². The van der Waals surface area contributed by atoms with E-state index in [0.717, 1.165) is 19.4 Å². The van der Waals surface area contributed by atoms with E-state index in [0.29, 0.717) is 22.2 Å². The lowest BCUT2D eigenvalue weighted by atomic mass is 10.2. The average Bonchev–Trinajstić information content (AvgIpc) is 2.96. The highest BCUT2D eigenvalue weighted by Crippen LogP contribution is 2.36. The Morgan fingerprint density at radius 1 is 1.27 bits per heavy atom. The summed E-state index contributed by atoms with van der Waals surface area (Å²) in [6.45, 7) is 6.82. The normalized spacial score (nSPS) is 16.6. The first-order valence-electron chi connectivity index (χ1n) is 7.56. The molecule has 22 heavy (non-hydrogen) atoms. The topological polar surface area (TPSA) is 50.8 Å². The monoisotopic (exact) mass is 328 g/mol. The highest BCUT2D eigenvalue weighted by Gasteiger charge is 2.25. The first kappa shape index (κ1) is 18.4. The van der Waals surface area contributed by atoms with E-state index in [2.05, 4.69) is 5.32 Å². The number of nitrogens with one attached hydrogen (secondary N) is 1. The second-order valence-corrected chi connectivity index (χ2v) is 5.21. The fraction of sp³-hybridized carbons (Fsp3) is 0.562. The molecular weight excluding hydrogens is 304 g/mol. The van der Waals surface area contributed by atoms with Gasteiger partial charge in [-0.2, -0.15) is 0 Å². The summed E-state index contributed by atoms with van der Waals surface area (Å²) in [5, 5.41) is 3.28. The van der Waals surface area contributed by atoms with Crippen LogP contribution in [0.3, 0.4) is 0 Å². The predicted octanol–water partition coefficient (Wildman–Crippen LogP) is 4.40. The third kappa shape index (κ3) is 4.19. The molecule has 1 N–H and O–H groups in total. The van der Waals surface area contributed by atoms with Gasteiger partial charge in [-0.1, -0.05) is 25.4 Å². The minimum absolute atomic E-state index is 0.130. The summed E-state index contributed by atoms with van der Waals surface area (Å²) >= 11 is 6.08. The van der Waals surface area contributed by atoms with Crippen LogP contribution in [0.1, 0.15) is 33.6 Å². The third-order valence-electron chi connectivity index (χ3n) is 3.53. The van der Waals surface area contributed by atoms with Crippen LogP contribution >= 0.6 is 11.6 Å². The van der Waals surface area contributed by atoms with Gasteiger partial charge in [0.1, 0.15) is 11.5 Å². The van der Waals surface area contributed by atoms with Gasteiger partial charge in [-0.05, 0) is 25.8 Å². The maximum atomic E-state index is 12.2. The second-order valence-electron chi connectivity index (χ2n) is 4.80. The molecule has 1 atom stereocenters. The summed E-state index contributed by atoms with van der Waals surface area (Å²) in [6.07, 6.45) is 2.07. The summed E-state index contributed by atoms with van der Waals surface area (Å²) in [7, 11) is 3.07. The van der Waals surface area contributed by atoms with Crippen molar-refractivity contribution in [2.45, 2.75) is 39.7 Å². The molecule has 0 bridgehead atoms. The van der Waals surface area contributed by atoms with Crippen molar-refractivity contribution in [1.82, 2.24) is 4.90 Å². The van der Waals surface area contributed by atoms with Crippen molar-refractivity contribution in [3.8, 4) is 11.5 Å². The summed E-state index contributed by atoms with van der Waals surface area (Å²) in [6, 6.07) is 3.42. The number of nitrogens with zero attached hydrogens (tertiary/aromatic N) is 1. The minimum Gasteiger partial charge on any atom is -0.495 e. The molecule has 1 heterocycles. The Labute approximate surface area is 137 Å². The number of likely N-dealkylation sites (tertiary alicyclic amines) is 1. The Balaban J connectivity index is 0.00000116. The Morgan fingerprint density at radius 3 is 2.41 bits per heavy atom. The van der Waals surface area contributed by atoms with Crippen molar-refractivity contribution in [1.29, 1.82) is 0 Å². The van der Waals surface area contributed by atoms with Gasteiger partial charge in [0.25, 0.3) is 0 Å². The lowest BCUT2D eigenvalue weighted by Crippen LogP contribution is -2.37. The van der Waals surface area contributed by atoms with Crippen LogP contribution < -0.4 is 14.8 Å². The van der Waals surface area contributed by atoms with Gasteiger partial charge in [0.05, 0.1) is 24.9 Å². The Kier molecular flexibility index (Phi) is 7.32. The van der Waals surface area contributed by atoms with Crippen molar-refractivity contribution in [3.63, 3.8) is 0 Å². The predicted molar refractivity (Wildman–Crippen MR) is 90.3 cm³/mol. The zero-order chi connectivity index (χ0) is 16.7. The highest BCUT2D eigenvalue weighted by molar-refractivity contribution is 6.32. The van der Waals surface area contributed by atoms with Crippen LogP contribution in [-0.2, 0) is 0 Å². The van der Waals surface area contributed by atoms with Crippen LogP contribution in [0, 0.1) is 0 Å². The molecule has 0 spiro atoms. The number of anilines is 1. The van der Waals surface area contributed by atoms with Gasteiger partial charge >= 0.3 is 6.03 Å². The van der Waals surface area contributed by atoms with E-state index in [4.69, 9.17) is 21.1 Å². The third-order valence-corrected chi connectivity index (χ3v) is 3.82. The quantitative estimate of drug-likeness (QED) is 0.894. The fourth-order valence-electron chi connectivity index (χ4n) is 2.38. The molecule has 2 amide bonds. The van der Waals surface area contributed by atoms with Crippen molar-refractivity contribution >= 4 is 23.3 Å². The van der Waals surface area contributed by atoms with Gasteiger partial charge < -0.3 is 19.7 Å². The van der Waals surface area contributed by atoms with Crippen LogP contribution in [0.2, 0.25) is 5.02 Å². The van der Waals surface area contributed by atoms with Crippen LogP contribution in [0.4, 0.5) is 10.5 Å². The molecule has 1 unspecified atom stereocenters. The molecule has 1 saturated heterocycles. The number of halogens is 1. The van der Waals surface area contributed by atoms with Gasteiger partial charge in [0, 0.05) is 18.7 Å². The van der Waals surface area contributed by atoms with Crippen molar-refractivity contribution in [3.05, 3.63) is 17.2 Å². The van der Waals surface area contributed by atoms with Crippen molar-refractivity contribution < 1.29 is 14.3 Å². The number of benzene rings is 1. The van der Waals surface area contributed by atoms with E-state index in [9.17, 15) is 4.79 Å². The molecule has 0 radical (unpaired) electrons. The van der Waals surface area contributed by atoms with Crippen molar-refractivity contribution in [2.24, 2.45) is 0 Å². The molecule has 1 aromatic rings. The summed E-state index contributed by atoms with van der Waals surface area (Å²) in [5.74, 6) is 1.03. The number of ether oxygens (including phenoxy) is 2. The standard InChI is InChI=1S/C14H19ClN2O3.C2H6/c1-9-5-4-6-17(9)14(18)16-11-7-10(15)12(19-2)8-13(11)20-3;1-2/h7-9H,4-6H2,1-3H3,(H,16,18);1-2H3. The maximum Gasteiger partial charge on any atom is 0.322 e. The van der Waals surface area contributed by atoms with E-state index in [1.54, 1.807) is 12.1 Å². The molecule has 5 nitrogen and oxygen atoms in total. The largest absolute Gasteiger partial charge is 0.495 e. The number of hydrogen-bond donors (Lipinski definition) is 1.